The van der Waals surface area contributed by atoms with Gasteiger partial charge in [0.2, 0.25) is 10.0 Å². The highest BCUT2D eigenvalue weighted by molar-refractivity contribution is 9.10. The lowest BCUT2D eigenvalue weighted by atomic mass is 10.2. The summed E-state index contributed by atoms with van der Waals surface area (Å²) in [6.45, 7) is 5.70. The Hall–Kier alpha value is -0.430. The minimum absolute atomic E-state index is 0.301. The Bertz CT molecular complexity index is 474. The molecule has 0 saturated carbocycles. The summed E-state index contributed by atoms with van der Waals surface area (Å²) in [6.07, 6.45) is 0. The lowest BCUT2D eigenvalue weighted by Crippen LogP contribution is -2.31. The lowest BCUT2D eigenvalue weighted by Gasteiger charge is -2.08. The van der Waals surface area contributed by atoms with Gasteiger partial charge in [-0.2, -0.15) is 0 Å². The average molecular weight is 321 g/mol. The predicted molar refractivity (Wildman–Crippen MR) is 72.6 cm³/mol. The molecule has 0 aliphatic carbocycles. The molecule has 0 heterocycles. The van der Waals surface area contributed by atoms with Crippen molar-refractivity contribution in [1.29, 1.82) is 0 Å². The van der Waals surface area contributed by atoms with E-state index >= 15 is 0 Å². The summed E-state index contributed by atoms with van der Waals surface area (Å²) in [6, 6.07) is 4.99. The van der Waals surface area contributed by atoms with Crippen LogP contribution in [0.1, 0.15) is 12.5 Å². The van der Waals surface area contributed by atoms with Crippen molar-refractivity contribution in [3.05, 3.63) is 28.2 Å². The van der Waals surface area contributed by atoms with Gasteiger partial charge in [0.15, 0.2) is 0 Å². The van der Waals surface area contributed by atoms with Gasteiger partial charge in [0.25, 0.3) is 0 Å². The van der Waals surface area contributed by atoms with Crippen molar-refractivity contribution in [3.8, 4) is 0 Å². The quantitative estimate of drug-likeness (QED) is 0.783. The first-order valence-corrected chi connectivity index (χ1v) is 7.71. The standard InChI is InChI=1S/C11H17BrN2O2S/c1-3-13-6-7-14-17(15,16)10-4-5-11(12)9(2)8-10/h4-5,8,13-14H,3,6-7H2,1-2H3. The van der Waals surface area contributed by atoms with Crippen molar-refractivity contribution in [2.45, 2.75) is 18.7 Å². The van der Waals surface area contributed by atoms with Crippen LogP contribution in [0.4, 0.5) is 0 Å². The Morgan fingerprint density at radius 2 is 2.00 bits per heavy atom. The fraction of sp³-hybridized carbons (Fsp3) is 0.455. The van der Waals surface area contributed by atoms with Crippen LogP contribution in [0.15, 0.2) is 27.6 Å². The van der Waals surface area contributed by atoms with Crippen LogP contribution in [0.25, 0.3) is 0 Å². The number of rotatable bonds is 6. The number of benzene rings is 1. The van der Waals surface area contributed by atoms with Crippen molar-refractivity contribution < 1.29 is 8.42 Å². The average Bonchev–Trinajstić information content (AvgIpc) is 2.28. The SMILES string of the molecule is CCNCCNS(=O)(=O)c1ccc(Br)c(C)c1. The third kappa shape index (κ3) is 4.39. The van der Waals surface area contributed by atoms with E-state index in [9.17, 15) is 8.42 Å². The van der Waals surface area contributed by atoms with Crippen LogP contribution in [-0.4, -0.2) is 28.1 Å². The molecule has 0 saturated heterocycles. The van der Waals surface area contributed by atoms with E-state index < -0.39 is 10.0 Å². The number of hydrogen-bond donors (Lipinski definition) is 2. The zero-order chi connectivity index (χ0) is 12.9. The van der Waals surface area contributed by atoms with Gasteiger partial charge < -0.3 is 5.32 Å². The minimum atomic E-state index is -3.39. The van der Waals surface area contributed by atoms with Crippen LogP contribution in [0.2, 0.25) is 0 Å². The molecule has 0 unspecified atom stereocenters. The second kappa shape index (κ2) is 6.49. The molecule has 0 fully saturated rings. The Balaban J connectivity index is 2.72. The van der Waals surface area contributed by atoms with E-state index in [1.807, 2.05) is 13.8 Å². The van der Waals surface area contributed by atoms with Crippen LogP contribution in [0.3, 0.4) is 0 Å². The Morgan fingerprint density at radius 3 is 2.59 bits per heavy atom. The van der Waals surface area contributed by atoms with Gasteiger partial charge in [0, 0.05) is 17.6 Å². The van der Waals surface area contributed by atoms with E-state index in [0.717, 1.165) is 16.6 Å². The lowest BCUT2D eigenvalue weighted by molar-refractivity contribution is 0.577. The summed E-state index contributed by atoms with van der Waals surface area (Å²) in [5.74, 6) is 0. The molecule has 17 heavy (non-hydrogen) atoms. The van der Waals surface area contributed by atoms with E-state index in [2.05, 4.69) is 26.0 Å². The van der Waals surface area contributed by atoms with Gasteiger partial charge in [-0.05, 0) is 37.2 Å². The van der Waals surface area contributed by atoms with Crippen LogP contribution >= 0.6 is 15.9 Å². The van der Waals surface area contributed by atoms with Crippen LogP contribution in [0.5, 0.6) is 0 Å². The highest BCUT2D eigenvalue weighted by Gasteiger charge is 2.13. The highest BCUT2D eigenvalue weighted by atomic mass is 79.9. The first-order chi connectivity index (χ1) is 7.97. The van der Waals surface area contributed by atoms with E-state index in [1.54, 1.807) is 18.2 Å². The minimum Gasteiger partial charge on any atom is -0.316 e. The Morgan fingerprint density at radius 1 is 1.29 bits per heavy atom. The van der Waals surface area contributed by atoms with Gasteiger partial charge in [-0.1, -0.05) is 22.9 Å². The molecular formula is C11H17BrN2O2S. The van der Waals surface area contributed by atoms with Crippen molar-refractivity contribution in [3.63, 3.8) is 0 Å². The van der Waals surface area contributed by atoms with Crippen molar-refractivity contribution >= 4 is 26.0 Å². The summed E-state index contributed by atoms with van der Waals surface area (Å²) in [5, 5.41) is 3.06. The maximum atomic E-state index is 11.9. The molecule has 0 aromatic heterocycles. The Kier molecular flexibility index (Phi) is 5.58. The van der Waals surface area contributed by atoms with Crippen LogP contribution in [0, 0.1) is 6.92 Å². The van der Waals surface area contributed by atoms with Crippen molar-refractivity contribution in [2.75, 3.05) is 19.6 Å². The van der Waals surface area contributed by atoms with Crippen LogP contribution < -0.4 is 10.0 Å². The van der Waals surface area contributed by atoms with E-state index in [4.69, 9.17) is 0 Å². The summed E-state index contributed by atoms with van der Waals surface area (Å²) in [5.41, 5.74) is 0.902. The maximum Gasteiger partial charge on any atom is 0.240 e. The molecule has 2 N–H and O–H groups in total. The molecule has 0 aliphatic rings. The second-order valence-electron chi connectivity index (χ2n) is 3.66. The molecule has 6 heteroatoms. The number of halogens is 1. The maximum absolute atomic E-state index is 11.9. The smallest absolute Gasteiger partial charge is 0.240 e. The monoisotopic (exact) mass is 320 g/mol. The number of nitrogens with one attached hydrogen (secondary N) is 2. The Labute approximate surface area is 111 Å². The van der Waals surface area contributed by atoms with Gasteiger partial charge in [-0.25, -0.2) is 13.1 Å². The van der Waals surface area contributed by atoms with Crippen molar-refractivity contribution in [2.24, 2.45) is 0 Å². The molecule has 0 radical (unpaired) electrons. The molecule has 1 rings (SSSR count). The topological polar surface area (TPSA) is 58.2 Å². The number of likely N-dealkylation sites (N-methyl/N-ethyl adjacent to an activating group) is 1. The first-order valence-electron chi connectivity index (χ1n) is 5.44. The first kappa shape index (κ1) is 14.6. The zero-order valence-corrected chi connectivity index (χ0v) is 12.4. The fourth-order valence-corrected chi connectivity index (χ4v) is 2.68. The molecule has 96 valence electrons. The van der Waals surface area contributed by atoms with Crippen LogP contribution in [-0.2, 0) is 10.0 Å². The van der Waals surface area contributed by atoms with Gasteiger partial charge in [-0.3, -0.25) is 0 Å². The van der Waals surface area contributed by atoms with Gasteiger partial charge >= 0.3 is 0 Å². The van der Waals surface area contributed by atoms with Crippen molar-refractivity contribution in [1.82, 2.24) is 10.0 Å². The van der Waals surface area contributed by atoms with E-state index in [1.165, 1.54) is 0 Å². The normalized spacial score (nSPS) is 11.7. The summed E-state index contributed by atoms with van der Waals surface area (Å²) < 4.78 is 27.3. The highest BCUT2D eigenvalue weighted by Crippen LogP contribution is 2.19. The third-order valence-electron chi connectivity index (χ3n) is 2.28. The molecule has 0 spiro atoms. The number of sulfonamides is 1. The van der Waals surface area contributed by atoms with E-state index in [0.29, 0.717) is 18.0 Å². The van der Waals surface area contributed by atoms with Gasteiger partial charge in [-0.15, -0.1) is 0 Å². The van der Waals surface area contributed by atoms with E-state index in [-0.39, 0.29) is 0 Å². The fourth-order valence-electron chi connectivity index (χ4n) is 1.32. The second-order valence-corrected chi connectivity index (χ2v) is 6.28. The van der Waals surface area contributed by atoms with Gasteiger partial charge in [0.05, 0.1) is 4.90 Å². The number of hydrogen-bond acceptors (Lipinski definition) is 3. The molecule has 0 atom stereocenters. The molecule has 4 nitrogen and oxygen atoms in total. The zero-order valence-electron chi connectivity index (χ0n) is 9.96. The third-order valence-corrected chi connectivity index (χ3v) is 4.63. The molecule has 1 aromatic carbocycles. The summed E-state index contributed by atoms with van der Waals surface area (Å²) in [4.78, 5) is 0.301. The summed E-state index contributed by atoms with van der Waals surface area (Å²) >= 11 is 3.34. The van der Waals surface area contributed by atoms with Gasteiger partial charge in [0.1, 0.15) is 0 Å². The predicted octanol–water partition coefficient (Wildman–Crippen LogP) is 1.65. The molecule has 1 aromatic rings. The summed E-state index contributed by atoms with van der Waals surface area (Å²) in [7, 11) is -3.39. The number of aryl methyl sites for hydroxylation is 1. The molecule has 0 bridgehead atoms. The molecule has 0 aliphatic heterocycles. The molecule has 0 amide bonds. The largest absolute Gasteiger partial charge is 0.316 e. The molecular weight excluding hydrogens is 304 g/mol.